The number of carbonyl (C=O) groups excluding carboxylic acids is 1. The van der Waals surface area contributed by atoms with Gasteiger partial charge in [0, 0.05) is 37.6 Å². The predicted molar refractivity (Wildman–Crippen MR) is 96.0 cm³/mol. The first-order chi connectivity index (χ1) is 12.0. The second-order valence-electron chi connectivity index (χ2n) is 7.50. The lowest BCUT2D eigenvalue weighted by atomic mass is 9.99. The van der Waals surface area contributed by atoms with Crippen molar-refractivity contribution in [2.24, 2.45) is 11.7 Å². The monoisotopic (exact) mass is 348 g/mol. The molecule has 1 heterocycles. The summed E-state index contributed by atoms with van der Waals surface area (Å²) in [6.45, 7) is 0.771. The van der Waals surface area contributed by atoms with Crippen LogP contribution in [0.5, 0.6) is 0 Å². The smallest absolute Gasteiger partial charge is 0.225 e. The lowest BCUT2D eigenvalue weighted by Crippen LogP contribution is -2.35. The number of nitrogens with two attached hydrogens (primary N) is 1. The van der Waals surface area contributed by atoms with Crippen molar-refractivity contribution in [3.05, 3.63) is 35.6 Å². The number of hydrazine groups is 1. The maximum atomic E-state index is 13.3. The lowest BCUT2D eigenvalue weighted by molar-refractivity contribution is -0.134. The van der Waals surface area contributed by atoms with Gasteiger partial charge in [0.2, 0.25) is 5.91 Å². The van der Waals surface area contributed by atoms with Gasteiger partial charge < -0.3 is 10.6 Å². The zero-order chi connectivity index (χ0) is 17.8. The molecule has 2 fully saturated rings. The summed E-state index contributed by atoms with van der Waals surface area (Å²) in [6.07, 6.45) is 5.58. The molecule has 6 heteroatoms. The first-order valence-corrected chi connectivity index (χ1v) is 9.30. The molecule has 1 aromatic carbocycles. The van der Waals surface area contributed by atoms with Crippen LogP contribution >= 0.6 is 0 Å². The van der Waals surface area contributed by atoms with E-state index in [9.17, 15) is 9.18 Å². The third kappa shape index (κ3) is 4.77. The molecule has 25 heavy (non-hydrogen) atoms. The minimum absolute atomic E-state index is 0.114. The van der Waals surface area contributed by atoms with Gasteiger partial charge in [-0.3, -0.25) is 15.6 Å². The molecule has 1 aliphatic carbocycles. The Labute approximate surface area is 149 Å². The second-order valence-corrected chi connectivity index (χ2v) is 7.50. The summed E-state index contributed by atoms with van der Waals surface area (Å²) >= 11 is 0. The van der Waals surface area contributed by atoms with E-state index in [4.69, 9.17) is 5.73 Å². The van der Waals surface area contributed by atoms with Crippen LogP contribution < -0.4 is 16.6 Å². The van der Waals surface area contributed by atoms with Crippen molar-refractivity contribution in [2.45, 2.75) is 56.7 Å². The van der Waals surface area contributed by atoms with Crippen molar-refractivity contribution in [1.29, 1.82) is 0 Å². The highest BCUT2D eigenvalue weighted by Crippen LogP contribution is 2.27. The predicted octanol–water partition coefficient (Wildman–Crippen LogP) is 2.10. The third-order valence-corrected chi connectivity index (χ3v) is 5.48. The number of hydrogen-bond acceptors (Lipinski definition) is 4. The van der Waals surface area contributed by atoms with Crippen LogP contribution in [0.25, 0.3) is 0 Å². The number of amides is 1. The molecule has 3 rings (SSSR count). The molecule has 138 valence electrons. The molecule has 4 atom stereocenters. The average Bonchev–Trinajstić information content (AvgIpc) is 3.23. The Morgan fingerprint density at radius 3 is 2.88 bits per heavy atom. The number of nitrogens with one attached hydrogen (secondary N) is 2. The highest BCUT2D eigenvalue weighted by atomic mass is 19.1. The summed E-state index contributed by atoms with van der Waals surface area (Å²) < 4.78 is 13.3. The molecular formula is C19H29FN4O. The summed E-state index contributed by atoms with van der Waals surface area (Å²) in [5.74, 6) is 0.154. The van der Waals surface area contributed by atoms with E-state index >= 15 is 0 Å². The van der Waals surface area contributed by atoms with Crippen LogP contribution in [0.1, 0.15) is 50.1 Å². The van der Waals surface area contributed by atoms with Crippen molar-refractivity contribution >= 4 is 5.91 Å². The average molecular weight is 348 g/mol. The minimum atomic E-state index is -0.200. The van der Waals surface area contributed by atoms with Crippen molar-refractivity contribution in [1.82, 2.24) is 15.8 Å². The van der Waals surface area contributed by atoms with Crippen molar-refractivity contribution in [2.75, 3.05) is 13.6 Å². The Morgan fingerprint density at radius 2 is 2.16 bits per heavy atom. The van der Waals surface area contributed by atoms with Gasteiger partial charge in [0.1, 0.15) is 5.82 Å². The van der Waals surface area contributed by atoms with E-state index in [1.54, 1.807) is 12.1 Å². The quantitative estimate of drug-likeness (QED) is 0.736. The fourth-order valence-corrected chi connectivity index (χ4v) is 3.99. The minimum Gasteiger partial charge on any atom is -0.346 e. The van der Waals surface area contributed by atoms with Crippen LogP contribution in [0.4, 0.5) is 4.39 Å². The number of carbonyl (C=O) groups is 1. The van der Waals surface area contributed by atoms with Gasteiger partial charge >= 0.3 is 0 Å². The van der Waals surface area contributed by atoms with Crippen LogP contribution in [0.2, 0.25) is 0 Å². The summed E-state index contributed by atoms with van der Waals surface area (Å²) in [7, 11) is 1.89. The second kappa shape index (κ2) is 8.25. The van der Waals surface area contributed by atoms with Gasteiger partial charge in [0.15, 0.2) is 0 Å². The van der Waals surface area contributed by atoms with E-state index < -0.39 is 0 Å². The van der Waals surface area contributed by atoms with Crippen LogP contribution in [0.3, 0.4) is 0 Å². The van der Waals surface area contributed by atoms with E-state index in [0.717, 1.165) is 50.6 Å². The third-order valence-electron chi connectivity index (χ3n) is 5.48. The van der Waals surface area contributed by atoms with E-state index in [2.05, 4.69) is 10.9 Å². The van der Waals surface area contributed by atoms with E-state index in [0.29, 0.717) is 6.04 Å². The largest absolute Gasteiger partial charge is 0.346 e. The molecule has 0 bridgehead atoms. The fraction of sp³-hybridized carbons (Fsp3) is 0.632. The van der Waals surface area contributed by atoms with E-state index in [1.165, 1.54) is 6.07 Å². The van der Waals surface area contributed by atoms with Crippen molar-refractivity contribution in [3.8, 4) is 0 Å². The van der Waals surface area contributed by atoms with E-state index in [1.807, 2.05) is 18.0 Å². The Kier molecular flexibility index (Phi) is 6.04. The normalized spacial score (nSPS) is 29.1. The van der Waals surface area contributed by atoms with Gasteiger partial charge in [-0.1, -0.05) is 12.1 Å². The van der Waals surface area contributed by atoms with Gasteiger partial charge in [-0.15, -0.1) is 0 Å². The van der Waals surface area contributed by atoms with Crippen molar-refractivity contribution < 1.29 is 9.18 Å². The fourth-order valence-electron chi connectivity index (χ4n) is 3.99. The number of benzene rings is 1. The Hall–Kier alpha value is -1.50. The summed E-state index contributed by atoms with van der Waals surface area (Å²) in [4.78, 5) is 14.3. The van der Waals surface area contributed by atoms with Crippen LogP contribution in [0.15, 0.2) is 24.3 Å². The molecule has 5 nitrogen and oxygen atoms in total. The molecule has 1 amide bonds. The molecule has 0 spiro atoms. The molecular weight excluding hydrogens is 319 g/mol. The summed E-state index contributed by atoms with van der Waals surface area (Å²) in [5.41, 5.74) is 13.4. The van der Waals surface area contributed by atoms with E-state index in [-0.39, 0.29) is 29.7 Å². The lowest BCUT2D eigenvalue weighted by Gasteiger charge is -2.21. The molecule has 1 aromatic rings. The maximum absolute atomic E-state index is 13.3. The highest BCUT2D eigenvalue weighted by Gasteiger charge is 2.30. The molecule has 1 saturated heterocycles. The zero-order valence-corrected chi connectivity index (χ0v) is 14.9. The van der Waals surface area contributed by atoms with Gasteiger partial charge in [-0.2, -0.15) is 0 Å². The van der Waals surface area contributed by atoms with Crippen LogP contribution in [-0.4, -0.2) is 36.5 Å². The highest BCUT2D eigenvalue weighted by molar-refractivity contribution is 5.78. The standard InChI is InChI=1S/C19H29FN4O/c1-24(19(25)14-7-8-16(21)11-14)9-3-6-17-12-18(23-22-17)13-4-2-5-15(20)10-13/h2,4-5,10,14,16-18,22-23H,3,6-9,11-12,21H2,1H3. The molecule has 4 unspecified atom stereocenters. The molecule has 0 aromatic heterocycles. The zero-order valence-electron chi connectivity index (χ0n) is 14.9. The van der Waals surface area contributed by atoms with Crippen molar-refractivity contribution in [3.63, 3.8) is 0 Å². The first kappa shape index (κ1) is 18.3. The van der Waals surface area contributed by atoms with Gasteiger partial charge in [0.25, 0.3) is 0 Å². The van der Waals surface area contributed by atoms with Crippen LogP contribution in [0, 0.1) is 11.7 Å². The number of nitrogens with zero attached hydrogens (tertiary/aromatic N) is 1. The maximum Gasteiger partial charge on any atom is 0.225 e. The molecule has 2 aliphatic rings. The summed E-state index contributed by atoms with van der Waals surface area (Å²) in [6, 6.07) is 7.42. The molecule has 4 N–H and O–H groups in total. The number of halogens is 1. The summed E-state index contributed by atoms with van der Waals surface area (Å²) in [5, 5.41) is 0. The van der Waals surface area contributed by atoms with Gasteiger partial charge in [-0.25, -0.2) is 4.39 Å². The molecule has 0 radical (unpaired) electrons. The van der Waals surface area contributed by atoms with Crippen LogP contribution in [-0.2, 0) is 4.79 Å². The Bertz CT molecular complexity index is 597. The SMILES string of the molecule is CN(CCCC1CC(c2cccc(F)c2)NN1)C(=O)C1CCC(N)C1. The number of rotatable bonds is 6. The topological polar surface area (TPSA) is 70.4 Å². The first-order valence-electron chi connectivity index (χ1n) is 9.30. The Balaban J connectivity index is 1.39. The molecule has 1 saturated carbocycles. The van der Waals surface area contributed by atoms with Gasteiger partial charge in [-0.05, 0) is 56.2 Å². The number of hydrogen-bond donors (Lipinski definition) is 3. The van der Waals surface area contributed by atoms with Gasteiger partial charge in [0.05, 0.1) is 0 Å². The molecule has 1 aliphatic heterocycles. The Morgan fingerprint density at radius 1 is 1.32 bits per heavy atom.